The molecule has 0 saturated heterocycles. The molecule has 3 heteroatoms. The number of fused-ring (bicyclic) bond motifs is 1. The lowest BCUT2D eigenvalue weighted by Crippen LogP contribution is -2.23. The number of benzene rings is 1. The van der Waals surface area contributed by atoms with Gasteiger partial charge in [-0.15, -0.1) is 0 Å². The first-order chi connectivity index (χ1) is 6.70. The van der Waals surface area contributed by atoms with E-state index in [1.54, 1.807) is 7.11 Å². The molecule has 1 aromatic rings. The van der Waals surface area contributed by atoms with Gasteiger partial charge in [0.2, 0.25) is 5.91 Å². The highest BCUT2D eigenvalue weighted by Gasteiger charge is 2.25. The Morgan fingerprint density at radius 2 is 2.14 bits per heavy atom. The number of ether oxygens (including phenoxy) is 1. The number of carbonyl (C=O) groups is 1. The van der Waals surface area contributed by atoms with E-state index in [1.165, 1.54) is 11.1 Å². The van der Waals surface area contributed by atoms with Crippen molar-refractivity contribution in [2.24, 2.45) is 11.7 Å². The molecule has 0 radical (unpaired) electrons. The third-order valence-corrected chi connectivity index (χ3v) is 2.75. The van der Waals surface area contributed by atoms with Crippen molar-refractivity contribution in [1.82, 2.24) is 0 Å². The predicted molar refractivity (Wildman–Crippen MR) is 53.1 cm³/mol. The zero-order valence-electron chi connectivity index (χ0n) is 8.12. The minimum atomic E-state index is -0.208. The van der Waals surface area contributed by atoms with E-state index in [0.29, 0.717) is 0 Å². The van der Waals surface area contributed by atoms with Crippen molar-refractivity contribution in [2.75, 3.05) is 7.11 Å². The first-order valence-corrected chi connectivity index (χ1v) is 4.66. The third-order valence-electron chi connectivity index (χ3n) is 2.75. The van der Waals surface area contributed by atoms with Gasteiger partial charge in [0, 0.05) is 5.92 Å². The second-order valence-corrected chi connectivity index (χ2v) is 3.64. The number of methoxy groups -OCH3 is 1. The maximum Gasteiger partial charge on any atom is 0.221 e. The summed E-state index contributed by atoms with van der Waals surface area (Å²) in [6, 6.07) is 5.91. The molecule has 0 aliphatic heterocycles. The maximum absolute atomic E-state index is 11.0. The Labute approximate surface area is 82.9 Å². The maximum atomic E-state index is 11.0. The van der Waals surface area contributed by atoms with Crippen LogP contribution in [0.4, 0.5) is 0 Å². The fourth-order valence-corrected chi connectivity index (χ4v) is 1.92. The lowest BCUT2D eigenvalue weighted by atomic mass is 10.1. The topological polar surface area (TPSA) is 52.3 Å². The molecule has 0 bridgehead atoms. The quantitative estimate of drug-likeness (QED) is 0.755. The summed E-state index contributed by atoms with van der Waals surface area (Å²) in [6.45, 7) is 0. The minimum Gasteiger partial charge on any atom is -0.497 e. The fourth-order valence-electron chi connectivity index (χ4n) is 1.92. The molecule has 0 fully saturated rings. The molecule has 2 N–H and O–H groups in total. The van der Waals surface area contributed by atoms with Gasteiger partial charge in [-0.3, -0.25) is 4.79 Å². The lowest BCUT2D eigenvalue weighted by Gasteiger charge is -2.02. The Bertz CT molecular complexity index is 374. The average molecular weight is 191 g/mol. The van der Waals surface area contributed by atoms with Crippen molar-refractivity contribution in [1.29, 1.82) is 0 Å². The van der Waals surface area contributed by atoms with Crippen LogP contribution in [0.3, 0.4) is 0 Å². The molecule has 0 spiro atoms. The molecular formula is C11H13NO2. The van der Waals surface area contributed by atoms with Crippen LogP contribution in [0.2, 0.25) is 0 Å². The monoisotopic (exact) mass is 191 g/mol. The van der Waals surface area contributed by atoms with Crippen molar-refractivity contribution in [3.8, 4) is 5.75 Å². The summed E-state index contributed by atoms with van der Waals surface area (Å²) in [5.74, 6) is 0.603. The fraction of sp³-hybridized carbons (Fsp3) is 0.364. The zero-order chi connectivity index (χ0) is 10.1. The first kappa shape index (κ1) is 9.06. The Balaban J connectivity index is 2.27. The van der Waals surface area contributed by atoms with Crippen LogP contribution in [-0.2, 0) is 17.6 Å². The Morgan fingerprint density at radius 1 is 1.43 bits per heavy atom. The van der Waals surface area contributed by atoms with Crippen molar-refractivity contribution in [2.45, 2.75) is 12.8 Å². The van der Waals surface area contributed by atoms with Crippen LogP contribution in [-0.4, -0.2) is 13.0 Å². The molecule has 1 atom stereocenters. The molecule has 1 amide bonds. The molecule has 0 heterocycles. The van der Waals surface area contributed by atoms with E-state index in [9.17, 15) is 4.79 Å². The number of nitrogens with two attached hydrogens (primary N) is 1. The van der Waals surface area contributed by atoms with Crippen LogP contribution in [0.5, 0.6) is 5.75 Å². The first-order valence-electron chi connectivity index (χ1n) is 4.66. The number of amides is 1. The minimum absolute atomic E-state index is 0.0305. The van der Waals surface area contributed by atoms with Crippen molar-refractivity contribution >= 4 is 5.91 Å². The van der Waals surface area contributed by atoms with Gasteiger partial charge in [0.25, 0.3) is 0 Å². The highest BCUT2D eigenvalue weighted by molar-refractivity contribution is 5.78. The molecule has 74 valence electrons. The second kappa shape index (κ2) is 3.33. The lowest BCUT2D eigenvalue weighted by molar-refractivity contribution is -0.121. The third kappa shape index (κ3) is 1.45. The Morgan fingerprint density at radius 3 is 2.79 bits per heavy atom. The SMILES string of the molecule is COc1ccc2c(c1)CC(C(N)=O)C2. The smallest absolute Gasteiger partial charge is 0.221 e. The number of carbonyl (C=O) groups excluding carboxylic acids is 1. The van der Waals surface area contributed by atoms with Crippen molar-refractivity contribution in [3.05, 3.63) is 29.3 Å². The number of hydrogen-bond donors (Lipinski definition) is 1. The molecular weight excluding hydrogens is 178 g/mol. The van der Waals surface area contributed by atoms with Gasteiger partial charge in [-0.1, -0.05) is 6.07 Å². The summed E-state index contributed by atoms with van der Waals surface area (Å²) in [5.41, 5.74) is 7.68. The van der Waals surface area contributed by atoms with Crippen LogP contribution in [0, 0.1) is 5.92 Å². The number of hydrogen-bond acceptors (Lipinski definition) is 2. The molecule has 0 aromatic heterocycles. The molecule has 1 unspecified atom stereocenters. The molecule has 1 aromatic carbocycles. The van der Waals surface area contributed by atoms with Gasteiger partial charge in [-0.2, -0.15) is 0 Å². The summed E-state index contributed by atoms with van der Waals surface area (Å²) < 4.78 is 5.12. The summed E-state index contributed by atoms with van der Waals surface area (Å²) in [4.78, 5) is 11.0. The molecule has 1 aliphatic carbocycles. The highest BCUT2D eigenvalue weighted by Crippen LogP contribution is 2.29. The largest absolute Gasteiger partial charge is 0.497 e. The van der Waals surface area contributed by atoms with Gasteiger partial charge in [0.05, 0.1) is 7.11 Å². The van der Waals surface area contributed by atoms with E-state index in [2.05, 4.69) is 0 Å². The van der Waals surface area contributed by atoms with Gasteiger partial charge in [-0.05, 0) is 36.1 Å². The second-order valence-electron chi connectivity index (χ2n) is 3.64. The van der Waals surface area contributed by atoms with Gasteiger partial charge in [-0.25, -0.2) is 0 Å². The standard InChI is InChI=1S/C11H13NO2/c1-14-10-3-2-7-4-9(11(12)13)5-8(7)6-10/h2-3,6,9H,4-5H2,1H3,(H2,12,13). The average Bonchev–Trinajstić information content (AvgIpc) is 2.59. The van der Waals surface area contributed by atoms with Crippen LogP contribution in [0.25, 0.3) is 0 Å². The van der Waals surface area contributed by atoms with Crippen LogP contribution in [0.1, 0.15) is 11.1 Å². The Hall–Kier alpha value is -1.51. The van der Waals surface area contributed by atoms with E-state index in [-0.39, 0.29) is 11.8 Å². The number of rotatable bonds is 2. The van der Waals surface area contributed by atoms with Crippen LogP contribution >= 0.6 is 0 Å². The molecule has 1 aliphatic rings. The van der Waals surface area contributed by atoms with Gasteiger partial charge < -0.3 is 10.5 Å². The summed E-state index contributed by atoms with van der Waals surface area (Å²) in [7, 11) is 1.64. The molecule has 14 heavy (non-hydrogen) atoms. The van der Waals surface area contributed by atoms with E-state index < -0.39 is 0 Å². The van der Waals surface area contributed by atoms with E-state index in [1.807, 2.05) is 18.2 Å². The Kier molecular flexibility index (Phi) is 2.15. The van der Waals surface area contributed by atoms with Gasteiger partial charge in [0.15, 0.2) is 0 Å². The summed E-state index contributed by atoms with van der Waals surface area (Å²) in [6.07, 6.45) is 1.52. The summed E-state index contributed by atoms with van der Waals surface area (Å²) >= 11 is 0. The van der Waals surface area contributed by atoms with Crippen LogP contribution < -0.4 is 10.5 Å². The van der Waals surface area contributed by atoms with Crippen molar-refractivity contribution < 1.29 is 9.53 Å². The number of primary amides is 1. The molecule has 3 nitrogen and oxygen atoms in total. The summed E-state index contributed by atoms with van der Waals surface area (Å²) in [5, 5.41) is 0. The van der Waals surface area contributed by atoms with E-state index >= 15 is 0 Å². The molecule has 2 rings (SSSR count). The molecule has 0 saturated carbocycles. The van der Waals surface area contributed by atoms with E-state index in [0.717, 1.165) is 18.6 Å². The van der Waals surface area contributed by atoms with Crippen LogP contribution in [0.15, 0.2) is 18.2 Å². The predicted octanol–water partition coefficient (Wildman–Crippen LogP) is 0.895. The van der Waals surface area contributed by atoms with Crippen molar-refractivity contribution in [3.63, 3.8) is 0 Å². The van der Waals surface area contributed by atoms with Gasteiger partial charge in [0.1, 0.15) is 5.75 Å². The zero-order valence-corrected chi connectivity index (χ0v) is 8.12. The van der Waals surface area contributed by atoms with E-state index in [4.69, 9.17) is 10.5 Å². The normalized spacial score (nSPS) is 19.1. The highest BCUT2D eigenvalue weighted by atomic mass is 16.5. The van der Waals surface area contributed by atoms with Gasteiger partial charge >= 0.3 is 0 Å².